The maximum absolute atomic E-state index is 12.1. The van der Waals surface area contributed by atoms with Gasteiger partial charge in [-0.1, -0.05) is 20.3 Å². The van der Waals surface area contributed by atoms with Crippen LogP contribution in [0.4, 0.5) is 0 Å². The van der Waals surface area contributed by atoms with Crippen LogP contribution in [0.2, 0.25) is 0 Å². The van der Waals surface area contributed by atoms with E-state index in [1.54, 1.807) is 0 Å². The first-order valence-corrected chi connectivity index (χ1v) is 9.10. The monoisotopic (exact) mass is 285 g/mol. The first kappa shape index (κ1) is 12.7. The molecule has 4 fully saturated rings. The molecule has 21 heavy (non-hydrogen) atoms. The summed E-state index contributed by atoms with van der Waals surface area (Å²) in [5, 5.41) is 3.72. The van der Waals surface area contributed by atoms with Crippen molar-refractivity contribution in [3.63, 3.8) is 0 Å². The van der Waals surface area contributed by atoms with Gasteiger partial charge in [0.15, 0.2) is 5.78 Å². The van der Waals surface area contributed by atoms with Crippen LogP contribution in [0.1, 0.15) is 46.0 Å². The van der Waals surface area contributed by atoms with Gasteiger partial charge in [-0.3, -0.25) is 4.79 Å². The molecule has 0 aromatic heterocycles. The number of allylic oxidation sites excluding steroid dienone is 2. The lowest BCUT2D eigenvalue weighted by atomic mass is 9.53. The third kappa shape index (κ3) is 1.47. The largest absolute Gasteiger partial charge is 0.387 e. The standard InChI is InChI=1S/C19H27NO/c1-10-3-4-12-11(10)5-6-15-14(12)9-20-18-8-17(21)13-7-16(13)19(15,18)2/h8,10-16,20H,3-7,9H2,1-2H3. The maximum Gasteiger partial charge on any atom is 0.160 e. The van der Waals surface area contributed by atoms with Crippen LogP contribution in [0.25, 0.3) is 0 Å². The number of ketones is 1. The van der Waals surface area contributed by atoms with Gasteiger partial charge in [0.25, 0.3) is 0 Å². The van der Waals surface area contributed by atoms with Crippen LogP contribution < -0.4 is 5.32 Å². The Hall–Kier alpha value is -0.790. The summed E-state index contributed by atoms with van der Waals surface area (Å²) < 4.78 is 0. The molecule has 0 aromatic carbocycles. The number of nitrogens with one attached hydrogen (secondary N) is 1. The van der Waals surface area contributed by atoms with Gasteiger partial charge < -0.3 is 5.32 Å². The Balaban J connectivity index is 1.53. The molecule has 1 N–H and O–H groups in total. The molecule has 114 valence electrons. The predicted molar refractivity (Wildman–Crippen MR) is 82.4 cm³/mol. The zero-order chi connectivity index (χ0) is 14.4. The molecule has 2 heteroatoms. The third-order valence-corrected chi connectivity index (χ3v) is 8.21. The fourth-order valence-corrected chi connectivity index (χ4v) is 6.98. The van der Waals surface area contributed by atoms with Crippen LogP contribution in [0.5, 0.6) is 0 Å². The van der Waals surface area contributed by atoms with E-state index in [9.17, 15) is 4.79 Å². The summed E-state index contributed by atoms with van der Waals surface area (Å²) in [4.78, 5) is 12.1. The average molecular weight is 285 g/mol. The number of rotatable bonds is 0. The lowest BCUT2D eigenvalue weighted by molar-refractivity contribution is -0.118. The quantitative estimate of drug-likeness (QED) is 0.739. The summed E-state index contributed by atoms with van der Waals surface area (Å²) in [5.74, 6) is 6.02. The van der Waals surface area contributed by atoms with Crippen LogP contribution in [0, 0.1) is 46.8 Å². The minimum Gasteiger partial charge on any atom is -0.387 e. The highest BCUT2D eigenvalue weighted by Gasteiger charge is 2.64. The van der Waals surface area contributed by atoms with E-state index < -0.39 is 0 Å². The molecule has 0 radical (unpaired) electrons. The summed E-state index contributed by atoms with van der Waals surface area (Å²) in [6.45, 7) is 6.09. The molecule has 0 amide bonds. The lowest BCUT2D eigenvalue weighted by Gasteiger charge is -2.55. The molecular formula is C19H27NO. The number of fused-ring (bicyclic) bond motifs is 7. The molecule has 5 rings (SSSR count). The van der Waals surface area contributed by atoms with E-state index >= 15 is 0 Å². The number of carbonyl (C=O) groups is 1. The lowest BCUT2D eigenvalue weighted by Crippen LogP contribution is -2.55. The van der Waals surface area contributed by atoms with Gasteiger partial charge in [-0.05, 0) is 61.2 Å². The van der Waals surface area contributed by atoms with E-state index in [0.29, 0.717) is 17.6 Å². The first-order valence-electron chi connectivity index (χ1n) is 9.10. The Kier molecular flexibility index (Phi) is 2.39. The molecule has 8 atom stereocenters. The van der Waals surface area contributed by atoms with Crippen molar-refractivity contribution in [2.45, 2.75) is 46.0 Å². The topological polar surface area (TPSA) is 29.1 Å². The van der Waals surface area contributed by atoms with Crippen LogP contribution in [-0.4, -0.2) is 12.3 Å². The molecule has 2 nitrogen and oxygen atoms in total. The zero-order valence-corrected chi connectivity index (χ0v) is 13.3. The number of piperidine rings is 1. The van der Waals surface area contributed by atoms with Gasteiger partial charge in [-0.15, -0.1) is 0 Å². The molecule has 3 saturated carbocycles. The van der Waals surface area contributed by atoms with Gasteiger partial charge in [0, 0.05) is 29.7 Å². The van der Waals surface area contributed by atoms with Gasteiger partial charge in [0.2, 0.25) is 0 Å². The fourth-order valence-electron chi connectivity index (χ4n) is 6.98. The second-order valence-electron chi connectivity index (χ2n) is 8.80. The fraction of sp³-hybridized carbons (Fsp3) is 0.842. The van der Waals surface area contributed by atoms with Crippen LogP contribution in [-0.2, 0) is 4.79 Å². The predicted octanol–water partition coefficient (Wildman–Crippen LogP) is 3.39. The van der Waals surface area contributed by atoms with Crippen molar-refractivity contribution in [3.05, 3.63) is 11.8 Å². The average Bonchev–Trinajstić information content (AvgIpc) is 3.21. The third-order valence-electron chi connectivity index (χ3n) is 8.21. The molecule has 1 saturated heterocycles. The van der Waals surface area contributed by atoms with Crippen LogP contribution in [0.15, 0.2) is 11.8 Å². The summed E-state index contributed by atoms with van der Waals surface area (Å²) in [6, 6.07) is 0. The van der Waals surface area contributed by atoms with Crippen molar-refractivity contribution < 1.29 is 4.79 Å². The van der Waals surface area contributed by atoms with Gasteiger partial charge in [0.1, 0.15) is 0 Å². The Labute approximate surface area is 127 Å². The summed E-state index contributed by atoms with van der Waals surface area (Å²) in [6.07, 6.45) is 8.89. The molecule has 0 aromatic rings. The van der Waals surface area contributed by atoms with Gasteiger partial charge in [-0.25, -0.2) is 0 Å². The van der Waals surface area contributed by atoms with Crippen LogP contribution >= 0.6 is 0 Å². The van der Waals surface area contributed by atoms with E-state index in [4.69, 9.17) is 0 Å². The van der Waals surface area contributed by atoms with Gasteiger partial charge in [-0.2, -0.15) is 0 Å². The SMILES string of the molecule is CC1CCC2C1CCC1C2CNC2=CC(=O)C3CC3C21C. The second-order valence-corrected chi connectivity index (χ2v) is 8.80. The Morgan fingerprint density at radius 2 is 1.90 bits per heavy atom. The molecule has 4 aliphatic carbocycles. The molecule has 1 aliphatic heterocycles. The highest BCUT2D eigenvalue weighted by Crippen LogP contribution is 2.67. The van der Waals surface area contributed by atoms with Crippen molar-refractivity contribution >= 4 is 5.78 Å². The smallest absolute Gasteiger partial charge is 0.160 e. The van der Waals surface area contributed by atoms with Crippen molar-refractivity contribution in [3.8, 4) is 0 Å². The number of hydrogen-bond acceptors (Lipinski definition) is 2. The number of hydrogen-bond donors (Lipinski definition) is 1. The highest BCUT2D eigenvalue weighted by molar-refractivity contribution is 5.96. The maximum atomic E-state index is 12.1. The van der Waals surface area contributed by atoms with Crippen molar-refractivity contribution in [1.29, 1.82) is 0 Å². The Bertz CT molecular complexity index is 538. The zero-order valence-electron chi connectivity index (χ0n) is 13.3. The van der Waals surface area contributed by atoms with Crippen molar-refractivity contribution in [2.75, 3.05) is 6.54 Å². The highest BCUT2D eigenvalue weighted by atomic mass is 16.1. The van der Waals surface area contributed by atoms with Crippen molar-refractivity contribution in [2.24, 2.45) is 46.8 Å². The summed E-state index contributed by atoms with van der Waals surface area (Å²) in [5.41, 5.74) is 1.59. The Morgan fingerprint density at radius 1 is 1.10 bits per heavy atom. The summed E-state index contributed by atoms with van der Waals surface area (Å²) in [7, 11) is 0. The van der Waals surface area contributed by atoms with Crippen LogP contribution in [0.3, 0.4) is 0 Å². The molecule has 5 aliphatic rings. The van der Waals surface area contributed by atoms with E-state index in [-0.39, 0.29) is 5.41 Å². The summed E-state index contributed by atoms with van der Waals surface area (Å²) >= 11 is 0. The Morgan fingerprint density at radius 3 is 2.76 bits per heavy atom. The molecule has 1 heterocycles. The first-order chi connectivity index (χ1) is 10.1. The van der Waals surface area contributed by atoms with Gasteiger partial charge >= 0.3 is 0 Å². The molecule has 0 spiro atoms. The van der Waals surface area contributed by atoms with Crippen molar-refractivity contribution in [1.82, 2.24) is 5.32 Å². The van der Waals surface area contributed by atoms with E-state index in [0.717, 1.165) is 42.6 Å². The second kappa shape index (κ2) is 3.94. The normalized spacial score (nSPS) is 57.3. The molecule has 8 unspecified atom stereocenters. The molecular weight excluding hydrogens is 258 g/mol. The minimum atomic E-state index is 0.290. The molecule has 0 bridgehead atoms. The number of carbonyl (C=O) groups excluding carboxylic acids is 1. The minimum absolute atomic E-state index is 0.290. The van der Waals surface area contributed by atoms with Gasteiger partial charge in [0.05, 0.1) is 0 Å². The van der Waals surface area contributed by atoms with E-state index in [1.165, 1.54) is 31.4 Å². The van der Waals surface area contributed by atoms with E-state index in [2.05, 4.69) is 19.2 Å². The van der Waals surface area contributed by atoms with E-state index in [1.807, 2.05) is 6.08 Å².